The zero-order chi connectivity index (χ0) is 14.8. The molecule has 0 aromatic carbocycles. The molecular formula is C14H17N3O2S. The molecule has 0 aliphatic carbocycles. The molecule has 0 bridgehead atoms. The molecule has 0 amide bonds. The molecule has 2 heterocycles. The van der Waals surface area contributed by atoms with Gasteiger partial charge in [-0.2, -0.15) is 10.5 Å². The first-order valence-electron chi connectivity index (χ1n) is 6.85. The van der Waals surface area contributed by atoms with E-state index in [1.165, 1.54) is 4.90 Å². The Hall–Kier alpha value is -1.63. The van der Waals surface area contributed by atoms with Crippen LogP contribution < -0.4 is 4.90 Å². The predicted molar refractivity (Wildman–Crippen MR) is 72.7 cm³/mol. The summed E-state index contributed by atoms with van der Waals surface area (Å²) in [6.07, 6.45) is 2.37. The Morgan fingerprint density at radius 3 is 2.60 bits per heavy atom. The van der Waals surface area contributed by atoms with Crippen molar-refractivity contribution in [2.45, 2.75) is 26.2 Å². The Kier molecular flexibility index (Phi) is 4.27. The van der Waals surface area contributed by atoms with E-state index in [0.717, 1.165) is 26.1 Å². The lowest BCUT2D eigenvalue weighted by Gasteiger charge is -2.45. The number of hydrogen-bond donors (Lipinski definition) is 1. The summed E-state index contributed by atoms with van der Waals surface area (Å²) in [5.74, 6) is -1.51. The second-order valence-electron chi connectivity index (χ2n) is 5.41. The summed E-state index contributed by atoms with van der Waals surface area (Å²) in [6.45, 7) is 4.92. The number of rotatable bonds is 2. The van der Waals surface area contributed by atoms with Crippen LogP contribution in [-0.4, -0.2) is 25.6 Å². The minimum Gasteiger partial charge on any atom is -0.741 e. The van der Waals surface area contributed by atoms with Gasteiger partial charge in [-0.05, 0) is 6.42 Å². The quantitative estimate of drug-likeness (QED) is 0.574. The minimum absolute atomic E-state index is 0.0389. The van der Waals surface area contributed by atoms with Crippen molar-refractivity contribution in [3.05, 3.63) is 10.7 Å². The number of nitrogens with zero attached hydrogens (tertiary/aromatic N) is 2. The molecule has 2 aliphatic heterocycles. The van der Waals surface area contributed by atoms with Crippen LogP contribution >= 0.6 is 0 Å². The third-order valence-corrected chi connectivity index (χ3v) is 4.66. The lowest BCUT2D eigenvalue weighted by molar-refractivity contribution is -0.907. The molecule has 5 nitrogen and oxygen atoms in total. The number of piperidine rings is 1. The molecule has 1 saturated heterocycles. The van der Waals surface area contributed by atoms with Crippen molar-refractivity contribution in [1.29, 1.82) is 10.5 Å². The minimum atomic E-state index is -0.910. The average Bonchev–Trinajstić information content (AvgIpc) is 2.42. The van der Waals surface area contributed by atoms with Crippen molar-refractivity contribution in [2.24, 2.45) is 11.3 Å². The number of allylic oxidation sites excluding steroid dienone is 1. The highest BCUT2D eigenvalue weighted by molar-refractivity contribution is 7.63. The van der Waals surface area contributed by atoms with Gasteiger partial charge in [0.2, 0.25) is 0 Å². The zero-order valence-corrected chi connectivity index (χ0v) is 12.3. The van der Waals surface area contributed by atoms with E-state index >= 15 is 0 Å². The number of ether oxygens (including phenoxy) is 1. The van der Waals surface area contributed by atoms with Gasteiger partial charge in [0.05, 0.1) is 37.3 Å². The highest BCUT2D eigenvalue weighted by atomic mass is 32.1. The summed E-state index contributed by atoms with van der Waals surface area (Å²) < 4.78 is 4.90. The second kappa shape index (κ2) is 5.78. The third kappa shape index (κ3) is 2.26. The lowest BCUT2D eigenvalue weighted by atomic mass is 9.64. The van der Waals surface area contributed by atoms with Crippen LogP contribution in [0.25, 0.3) is 0 Å². The summed E-state index contributed by atoms with van der Waals surface area (Å²) in [6, 6.07) is 4.11. The van der Waals surface area contributed by atoms with Crippen molar-refractivity contribution in [1.82, 2.24) is 0 Å². The molecule has 1 fully saturated rings. The van der Waals surface area contributed by atoms with E-state index in [9.17, 15) is 15.3 Å². The van der Waals surface area contributed by atoms with Gasteiger partial charge in [0.25, 0.3) is 0 Å². The number of likely N-dealkylation sites (tertiary alicyclic amines) is 1. The smallest absolute Gasteiger partial charge is 0.327 e. The van der Waals surface area contributed by atoms with Gasteiger partial charge in [-0.3, -0.25) is 4.79 Å². The summed E-state index contributed by atoms with van der Waals surface area (Å²) in [5, 5.41) is 18.7. The van der Waals surface area contributed by atoms with Crippen LogP contribution in [0.4, 0.5) is 0 Å². The van der Waals surface area contributed by atoms with Crippen LogP contribution in [-0.2, 0) is 22.2 Å². The van der Waals surface area contributed by atoms with E-state index in [4.69, 9.17) is 17.4 Å². The fourth-order valence-electron chi connectivity index (χ4n) is 3.30. The van der Waals surface area contributed by atoms with Gasteiger partial charge in [0.15, 0.2) is 5.92 Å². The van der Waals surface area contributed by atoms with Gasteiger partial charge in [0.1, 0.15) is 0 Å². The van der Waals surface area contributed by atoms with E-state index in [2.05, 4.69) is 13.0 Å². The summed E-state index contributed by atoms with van der Waals surface area (Å²) in [4.78, 5) is 13.4. The third-order valence-electron chi connectivity index (χ3n) is 4.38. The highest BCUT2D eigenvalue weighted by Gasteiger charge is 2.53. The maximum atomic E-state index is 11.9. The van der Waals surface area contributed by atoms with Gasteiger partial charge in [0, 0.05) is 23.3 Å². The molecule has 2 aliphatic rings. The van der Waals surface area contributed by atoms with Crippen LogP contribution in [0.3, 0.4) is 0 Å². The molecule has 2 rings (SSSR count). The molecule has 1 spiro atoms. The van der Waals surface area contributed by atoms with Gasteiger partial charge >= 0.3 is 5.97 Å². The van der Waals surface area contributed by atoms with E-state index in [1.54, 1.807) is 0 Å². The second-order valence-corrected chi connectivity index (χ2v) is 5.78. The Morgan fingerprint density at radius 2 is 2.10 bits per heavy atom. The maximum absolute atomic E-state index is 11.9. The first kappa shape index (κ1) is 14.8. The number of nitrogens with one attached hydrogen (secondary N) is 1. The number of hydrogen-bond acceptors (Lipinski definition) is 5. The Morgan fingerprint density at radius 1 is 1.45 bits per heavy atom. The van der Waals surface area contributed by atoms with Gasteiger partial charge < -0.3 is 22.3 Å². The number of nitriles is 2. The van der Waals surface area contributed by atoms with E-state index in [1.807, 2.05) is 6.07 Å². The summed E-state index contributed by atoms with van der Waals surface area (Å²) in [7, 11) is 0. The highest BCUT2D eigenvalue weighted by Crippen LogP contribution is 2.47. The van der Waals surface area contributed by atoms with Crippen LogP contribution in [0, 0.1) is 34.0 Å². The molecule has 6 heteroatoms. The predicted octanol–water partition coefficient (Wildman–Crippen LogP) is 0.0402. The Balaban J connectivity index is 2.35. The van der Waals surface area contributed by atoms with Gasteiger partial charge in [-0.1, -0.05) is 6.92 Å². The van der Waals surface area contributed by atoms with Crippen LogP contribution in [0.15, 0.2) is 10.7 Å². The molecule has 0 radical (unpaired) electrons. The molecule has 20 heavy (non-hydrogen) atoms. The van der Waals surface area contributed by atoms with Crippen LogP contribution in [0.1, 0.15) is 26.2 Å². The Labute approximate surface area is 124 Å². The van der Waals surface area contributed by atoms with E-state index in [0.29, 0.717) is 18.4 Å². The van der Waals surface area contributed by atoms with Gasteiger partial charge in [-0.15, -0.1) is 0 Å². The first-order valence-corrected chi connectivity index (χ1v) is 7.26. The fourth-order valence-corrected chi connectivity index (χ4v) is 3.63. The maximum Gasteiger partial charge on any atom is 0.327 e. The topological polar surface area (TPSA) is 78.3 Å². The normalized spacial score (nSPS) is 33.5. The van der Waals surface area contributed by atoms with Crippen LogP contribution in [0.5, 0.6) is 0 Å². The molecule has 0 aromatic heterocycles. The summed E-state index contributed by atoms with van der Waals surface area (Å²) in [5.41, 5.74) is -0.415. The molecular weight excluding hydrogens is 274 g/mol. The molecule has 0 aromatic rings. The first-order chi connectivity index (χ1) is 9.58. The van der Waals surface area contributed by atoms with E-state index < -0.39 is 17.3 Å². The van der Waals surface area contributed by atoms with Crippen molar-refractivity contribution in [3.8, 4) is 12.1 Å². The molecule has 0 unspecified atom stereocenters. The molecule has 1 N–H and O–H groups in total. The SMILES string of the molecule is CCC[NH+]1CCC2(CC1)C(C#N)=C([S-])OC(=O)[C@@H]2C#N. The number of quaternary nitrogens is 1. The van der Waals surface area contributed by atoms with Crippen LogP contribution in [0.2, 0.25) is 0 Å². The monoisotopic (exact) mass is 291 g/mol. The van der Waals surface area contributed by atoms with E-state index in [-0.39, 0.29) is 5.09 Å². The Bertz CT molecular complexity index is 522. The lowest BCUT2D eigenvalue weighted by Crippen LogP contribution is -3.13. The summed E-state index contributed by atoms with van der Waals surface area (Å²) >= 11 is 5.02. The average molecular weight is 291 g/mol. The van der Waals surface area contributed by atoms with Crippen molar-refractivity contribution < 1.29 is 14.4 Å². The van der Waals surface area contributed by atoms with Crippen molar-refractivity contribution in [2.75, 3.05) is 19.6 Å². The number of carbonyl (C=O) groups is 1. The number of carbonyl (C=O) groups excluding carboxylic acids is 1. The molecule has 1 atom stereocenters. The standard InChI is InChI=1S/C14H17N3O2S/c1-2-5-17-6-3-14(4-7-17)10(8-15)12(18)19-13(20)11(14)9-16/h10,20H,2-7H2,1H3/t10-/m0/s1. The van der Waals surface area contributed by atoms with Gasteiger partial charge in [-0.25, -0.2) is 0 Å². The fraction of sp³-hybridized carbons (Fsp3) is 0.643. The number of cyclic esters (lactones) is 1. The molecule has 0 saturated carbocycles. The largest absolute Gasteiger partial charge is 0.741 e. The molecule has 106 valence electrons. The van der Waals surface area contributed by atoms with Crippen molar-refractivity contribution >= 4 is 18.6 Å². The number of esters is 1. The zero-order valence-electron chi connectivity index (χ0n) is 11.4. The van der Waals surface area contributed by atoms with Crippen molar-refractivity contribution in [3.63, 3.8) is 0 Å².